The topological polar surface area (TPSA) is 45.4 Å². The number of rotatable bonds is 3. The van der Waals surface area contributed by atoms with Crippen LogP contribution in [-0.2, 0) is 0 Å². The summed E-state index contributed by atoms with van der Waals surface area (Å²) in [6.07, 6.45) is 1.71. The number of ether oxygens (including phenoxy) is 1. The third kappa shape index (κ3) is 2.06. The van der Waals surface area contributed by atoms with E-state index in [1.54, 1.807) is 6.21 Å². The van der Waals surface area contributed by atoms with Gasteiger partial charge in [-0.25, -0.2) is 4.99 Å². The summed E-state index contributed by atoms with van der Waals surface area (Å²) in [5.74, 6) is 1.65. The molecule has 0 saturated heterocycles. The van der Waals surface area contributed by atoms with Crippen LogP contribution in [0.1, 0.15) is 25.0 Å². The molecule has 0 bridgehead atoms. The smallest absolute Gasteiger partial charge is 0.152 e. The minimum Gasteiger partial charge on any atom is -0.493 e. The number of fused-ring (bicyclic) bond motifs is 1. The lowest BCUT2D eigenvalue weighted by molar-refractivity contribution is 0.271. The fourth-order valence-corrected chi connectivity index (χ4v) is 1.41. The SMILES string of the molecule is CC(C)COc1ccc2c(c1)C(=N)N=C2. The van der Waals surface area contributed by atoms with Crippen molar-refractivity contribution in [3.63, 3.8) is 0 Å². The normalized spacial score (nSPS) is 13.4. The van der Waals surface area contributed by atoms with E-state index in [2.05, 4.69) is 18.8 Å². The van der Waals surface area contributed by atoms with Crippen molar-refractivity contribution in [1.82, 2.24) is 0 Å². The van der Waals surface area contributed by atoms with Gasteiger partial charge in [-0.2, -0.15) is 0 Å². The fourth-order valence-electron chi connectivity index (χ4n) is 1.41. The first-order valence-corrected chi connectivity index (χ1v) is 5.06. The average Bonchev–Trinajstić information content (AvgIpc) is 2.57. The van der Waals surface area contributed by atoms with E-state index in [0.29, 0.717) is 18.4 Å². The van der Waals surface area contributed by atoms with Gasteiger partial charge in [-0.15, -0.1) is 0 Å². The summed E-state index contributed by atoms with van der Waals surface area (Å²) in [5, 5.41) is 7.59. The highest BCUT2D eigenvalue weighted by atomic mass is 16.5. The quantitative estimate of drug-likeness (QED) is 0.804. The molecular formula is C12H14N2O. The van der Waals surface area contributed by atoms with Gasteiger partial charge < -0.3 is 4.74 Å². The number of amidine groups is 1. The zero-order valence-corrected chi connectivity index (χ0v) is 8.95. The summed E-state index contributed by atoms with van der Waals surface area (Å²) in [7, 11) is 0. The maximum atomic E-state index is 7.59. The lowest BCUT2D eigenvalue weighted by Crippen LogP contribution is -2.05. The molecule has 2 rings (SSSR count). The second-order valence-corrected chi connectivity index (χ2v) is 4.06. The Balaban J connectivity index is 2.17. The molecule has 0 aliphatic carbocycles. The van der Waals surface area contributed by atoms with E-state index >= 15 is 0 Å². The lowest BCUT2D eigenvalue weighted by Gasteiger charge is -2.09. The molecule has 1 aromatic rings. The number of benzene rings is 1. The van der Waals surface area contributed by atoms with E-state index in [4.69, 9.17) is 10.1 Å². The molecule has 0 amide bonds. The molecule has 0 radical (unpaired) electrons. The molecule has 0 spiro atoms. The number of nitrogens with zero attached hydrogens (tertiary/aromatic N) is 1. The Kier molecular flexibility index (Phi) is 2.54. The van der Waals surface area contributed by atoms with E-state index in [0.717, 1.165) is 16.9 Å². The molecule has 0 fully saturated rings. The van der Waals surface area contributed by atoms with Crippen molar-refractivity contribution >= 4 is 12.1 Å². The van der Waals surface area contributed by atoms with E-state index in [-0.39, 0.29) is 0 Å². The maximum Gasteiger partial charge on any atom is 0.152 e. The van der Waals surface area contributed by atoms with Crippen LogP contribution in [-0.4, -0.2) is 18.7 Å². The highest BCUT2D eigenvalue weighted by Crippen LogP contribution is 2.21. The lowest BCUT2D eigenvalue weighted by atomic mass is 10.1. The molecule has 3 heteroatoms. The molecule has 1 aliphatic rings. The Morgan fingerprint density at radius 2 is 2.20 bits per heavy atom. The number of hydrogen-bond acceptors (Lipinski definition) is 2. The summed E-state index contributed by atoms with van der Waals surface area (Å²) in [6, 6.07) is 5.74. The minimum absolute atomic E-state index is 0.319. The van der Waals surface area contributed by atoms with Crippen LogP contribution in [0.4, 0.5) is 0 Å². The zero-order chi connectivity index (χ0) is 10.8. The third-order valence-electron chi connectivity index (χ3n) is 2.20. The van der Waals surface area contributed by atoms with Gasteiger partial charge >= 0.3 is 0 Å². The Morgan fingerprint density at radius 3 is 2.93 bits per heavy atom. The van der Waals surface area contributed by atoms with E-state index in [9.17, 15) is 0 Å². The first kappa shape index (κ1) is 9.90. The van der Waals surface area contributed by atoms with Crippen LogP contribution in [0.25, 0.3) is 0 Å². The molecule has 15 heavy (non-hydrogen) atoms. The monoisotopic (exact) mass is 202 g/mol. The molecule has 1 aliphatic heterocycles. The van der Waals surface area contributed by atoms with E-state index in [1.165, 1.54) is 0 Å². The molecule has 3 nitrogen and oxygen atoms in total. The maximum absolute atomic E-state index is 7.59. The van der Waals surface area contributed by atoms with Crippen molar-refractivity contribution in [2.24, 2.45) is 10.9 Å². The third-order valence-corrected chi connectivity index (χ3v) is 2.20. The van der Waals surface area contributed by atoms with Crippen LogP contribution >= 0.6 is 0 Å². The van der Waals surface area contributed by atoms with Gasteiger partial charge in [-0.1, -0.05) is 13.8 Å². The van der Waals surface area contributed by atoms with Gasteiger partial charge in [0.15, 0.2) is 5.84 Å². The molecule has 0 atom stereocenters. The Morgan fingerprint density at radius 1 is 1.40 bits per heavy atom. The molecule has 78 valence electrons. The molecule has 0 unspecified atom stereocenters. The van der Waals surface area contributed by atoms with Gasteiger partial charge in [0.05, 0.1) is 6.61 Å². The van der Waals surface area contributed by atoms with Crippen molar-refractivity contribution in [2.45, 2.75) is 13.8 Å². The summed E-state index contributed by atoms with van der Waals surface area (Å²) >= 11 is 0. The highest BCUT2D eigenvalue weighted by Gasteiger charge is 2.12. The molecule has 1 aromatic carbocycles. The highest BCUT2D eigenvalue weighted by molar-refractivity contribution is 6.14. The Labute approximate surface area is 89.3 Å². The minimum atomic E-state index is 0.319. The summed E-state index contributed by atoms with van der Waals surface area (Å²) in [4.78, 5) is 3.94. The van der Waals surface area contributed by atoms with Crippen LogP contribution in [0, 0.1) is 11.3 Å². The van der Waals surface area contributed by atoms with Crippen molar-refractivity contribution in [1.29, 1.82) is 5.41 Å². The van der Waals surface area contributed by atoms with Gasteiger partial charge in [-0.3, -0.25) is 5.41 Å². The number of nitrogens with one attached hydrogen (secondary N) is 1. The number of hydrogen-bond donors (Lipinski definition) is 1. The molecule has 0 aromatic heterocycles. The first-order chi connectivity index (χ1) is 7.16. The van der Waals surface area contributed by atoms with Gasteiger partial charge in [0.2, 0.25) is 0 Å². The summed E-state index contributed by atoms with van der Waals surface area (Å²) in [5.41, 5.74) is 1.85. The predicted molar refractivity (Wildman–Crippen MR) is 61.2 cm³/mol. The van der Waals surface area contributed by atoms with Crippen LogP contribution in [0.2, 0.25) is 0 Å². The average molecular weight is 202 g/mol. The fraction of sp³-hybridized carbons (Fsp3) is 0.333. The Bertz CT molecular complexity index is 422. The van der Waals surface area contributed by atoms with Crippen molar-refractivity contribution < 1.29 is 4.74 Å². The second kappa shape index (κ2) is 3.85. The summed E-state index contributed by atoms with van der Waals surface area (Å²) < 4.78 is 5.59. The second-order valence-electron chi connectivity index (χ2n) is 4.06. The molecular weight excluding hydrogens is 188 g/mol. The van der Waals surface area contributed by atoms with Crippen LogP contribution in [0.15, 0.2) is 23.2 Å². The van der Waals surface area contributed by atoms with Crippen LogP contribution in [0.3, 0.4) is 0 Å². The Hall–Kier alpha value is -1.64. The molecule has 0 saturated carbocycles. The first-order valence-electron chi connectivity index (χ1n) is 5.06. The van der Waals surface area contributed by atoms with Crippen LogP contribution in [0.5, 0.6) is 5.75 Å². The predicted octanol–water partition coefficient (Wildman–Crippen LogP) is 2.48. The standard InChI is InChI=1S/C12H14N2O/c1-8(2)7-15-10-4-3-9-6-14-12(13)11(9)5-10/h3-6,8,13H,7H2,1-2H3. The number of aliphatic imine (C=N–C) groups is 1. The van der Waals surface area contributed by atoms with Gasteiger partial charge in [0, 0.05) is 17.3 Å². The van der Waals surface area contributed by atoms with E-state index < -0.39 is 0 Å². The van der Waals surface area contributed by atoms with Crippen molar-refractivity contribution in [3.8, 4) is 5.75 Å². The van der Waals surface area contributed by atoms with Gasteiger partial charge in [0.25, 0.3) is 0 Å². The summed E-state index contributed by atoms with van der Waals surface area (Å²) in [6.45, 7) is 4.92. The van der Waals surface area contributed by atoms with Gasteiger partial charge in [0.1, 0.15) is 5.75 Å². The van der Waals surface area contributed by atoms with Crippen molar-refractivity contribution in [3.05, 3.63) is 29.3 Å². The largest absolute Gasteiger partial charge is 0.493 e. The molecule has 1 heterocycles. The van der Waals surface area contributed by atoms with Gasteiger partial charge in [-0.05, 0) is 24.1 Å². The van der Waals surface area contributed by atoms with Crippen LogP contribution < -0.4 is 4.74 Å². The van der Waals surface area contributed by atoms with Crippen molar-refractivity contribution in [2.75, 3.05) is 6.61 Å². The molecule has 1 N–H and O–H groups in total. The zero-order valence-electron chi connectivity index (χ0n) is 8.95. The van der Waals surface area contributed by atoms with E-state index in [1.807, 2.05) is 18.2 Å².